The average Bonchev–Trinajstić information content (AvgIpc) is 2.36. The van der Waals surface area contributed by atoms with E-state index in [9.17, 15) is 9.90 Å². The molecule has 0 aromatic carbocycles. The molecule has 6 heteroatoms. The monoisotopic (exact) mass is 242 g/mol. The summed E-state index contributed by atoms with van der Waals surface area (Å²) in [5.41, 5.74) is -0.511. The van der Waals surface area contributed by atoms with Gasteiger partial charge < -0.3 is 24.3 Å². The molecule has 0 aliphatic carbocycles. The first-order valence-electron chi connectivity index (χ1n) is 5.57. The lowest BCUT2D eigenvalue weighted by Gasteiger charge is -2.23. The highest BCUT2D eigenvalue weighted by molar-refractivity contribution is 5.24. The van der Waals surface area contributed by atoms with Crippen LogP contribution >= 0.6 is 0 Å². The van der Waals surface area contributed by atoms with Crippen molar-refractivity contribution < 1.29 is 24.3 Å². The number of nitrogens with one attached hydrogen (secondary N) is 1. The van der Waals surface area contributed by atoms with Crippen LogP contribution in [0.3, 0.4) is 0 Å². The lowest BCUT2D eigenvalue weighted by atomic mass is 10.3. The van der Waals surface area contributed by atoms with E-state index in [-0.39, 0.29) is 23.9 Å². The Labute approximate surface area is 98.0 Å². The first-order valence-corrected chi connectivity index (χ1v) is 5.57. The summed E-state index contributed by atoms with van der Waals surface area (Å²) in [4.78, 5) is 12.6. The second kappa shape index (κ2) is 5.31. The van der Waals surface area contributed by atoms with Crippen molar-refractivity contribution >= 4 is 0 Å². The Kier molecular flexibility index (Phi) is 3.78. The van der Waals surface area contributed by atoms with Crippen molar-refractivity contribution in [3.05, 3.63) is 27.8 Å². The molecule has 0 bridgehead atoms. The molecule has 2 rings (SSSR count). The Bertz CT molecular complexity index is 436. The summed E-state index contributed by atoms with van der Waals surface area (Å²) >= 11 is 0. The molecule has 0 unspecified atom stereocenters. The molecular weight excluding hydrogens is 226 g/mol. The van der Waals surface area contributed by atoms with Crippen molar-refractivity contribution in [3.63, 3.8) is 0 Å². The van der Waals surface area contributed by atoms with Gasteiger partial charge in [-0.2, -0.15) is 0 Å². The van der Waals surface area contributed by atoms with Gasteiger partial charge in [0.15, 0.2) is 0 Å². The van der Waals surface area contributed by atoms with Crippen LogP contribution in [0.15, 0.2) is 15.3 Å². The summed E-state index contributed by atoms with van der Waals surface area (Å²) in [6.07, 6.45) is 0. The highest BCUT2D eigenvalue weighted by Gasteiger charge is 2.19. The minimum Gasteiger partial charge on any atom is -0.502 e. The second-order valence-corrected chi connectivity index (χ2v) is 4.05. The molecule has 0 atom stereocenters. The van der Waals surface area contributed by atoms with Crippen molar-refractivity contribution in [1.82, 2.24) is 0 Å². The van der Waals surface area contributed by atoms with Gasteiger partial charge in [-0.1, -0.05) is 0 Å². The Hall–Kier alpha value is -1.37. The lowest BCUT2D eigenvalue weighted by molar-refractivity contribution is -0.922. The molecule has 1 fully saturated rings. The second-order valence-electron chi connectivity index (χ2n) is 4.05. The molecule has 1 aliphatic heterocycles. The number of rotatable bonds is 3. The van der Waals surface area contributed by atoms with Crippen LogP contribution in [0, 0.1) is 0 Å². The molecule has 1 aliphatic rings. The molecule has 1 aromatic rings. The third-order valence-corrected chi connectivity index (χ3v) is 2.81. The fourth-order valence-corrected chi connectivity index (χ4v) is 1.85. The van der Waals surface area contributed by atoms with Gasteiger partial charge in [0.25, 0.3) is 0 Å². The maximum absolute atomic E-state index is 11.4. The number of hydrogen-bond acceptors (Lipinski definition) is 5. The van der Waals surface area contributed by atoms with Crippen molar-refractivity contribution in [3.8, 4) is 5.75 Å². The summed E-state index contributed by atoms with van der Waals surface area (Å²) in [5, 5.41) is 18.6. The van der Waals surface area contributed by atoms with Gasteiger partial charge in [-0.05, 0) is 0 Å². The number of aromatic hydroxyl groups is 1. The van der Waals surface area contributed by atoms with E-state index >= 15 is 0 Å². The normalized spacial score (nSPS) is 17.2. The molecule has 0 spiro atoms. The first-order chi connectivity index (χ1) is 8.20. The molecule has 1 aromatic heterocycles. The highest BCUT2D eigenvalue weighted by atomic mass is 16.5. The Balaban J connectivity index is 2.18. The molecule has 0 radical (unpaired) electrons. The molecular formula is C11H16NO5+. The van der Waals surface area contributed by atoms with Gasteiger partial charge >= 0.3 is 0 Å². The minimum atomic E-state index is -0.511. The summed E-state index contributed by atoms with van der Waals surface area (Å²) < 4.78 is 10.5. The van der Waals surface area contributed by atoms with Gasteiger partial charge in [0.1, 0.15) is 32.0 Å². The lowest BCUT2D eigenvalue weighted by Crippen LogP contribution is -3.12. The molecule has 0 saturated carbocycles. The van der Waals surface area contributed by atoms with Crippen LogP contribution in [0.4, 0.5) is 0 Å². The number of ether oxygens (including phenoxy) is 1. The van der Waals surface area contributed by atoms with Crippen LogP contribution in [-0.4, -0.2) is 36.5 Å². The van der Waals surface area contributed by atoms with Crippen LogP contribution in [0.1, 0.15) is 11.5 Å². The van der Waals surface area contributed by atoms with E-state index in [0.29, 0.717) is 19.8 Å². The summed E-state index contributed by atoms with van der Waals surface area (Å²) in [7, 11) is 0. The predicted molar refractivity (Wildman–Crippen MR) is 57.8 cm³/mol. The van der Waals surface area contributed by atoms with Gasteiger partial charge in [0, 0.05) is 6.07 Å². The van der Waals surface area contributed by atoms with Gasteiger partial charge in [-0.25, -0.2) is 0 Å². The van der Waals surface area contributed by atoms with E-state index in [0.717, 1.165) is 19.2 Å². The molecule has 94 valence electrons. The van der Waals surface area contributed by atoms with Crippen molar-refractivity contribution in [2.45, 2.75) is 13.2 Å². The smallest absolute Gasteiger partial charge is 0.227 e. The van der Waals surface area contributed by atoms with Gasteiger partial charge in [-0.15, -0.1) is 0 Å². The average molecular weight is 242 g/mol. The van der Waals surface area contributed by atoms with Crippen LogP contribution in [-0.2, 0) is 17.9 Å². The Morgan fingerprint density at radius 1 is 1.35 bits per heavy atom. The van der Waals surface area contributed by atoms with E-state index in [4.69, 9.17) is 14.3 Å². The van der Waals surface area contributed by atoms with Gasteiger partial charge in [-0.3, -0.25) is 4.79 Å². The Morgan fingerprint density at radius 3 is 2.71 bits per heavy atom. The number of aliphatic hydroxyl groups is 1. The minimum absolute atomic E-state index is 0.176. The third-order valence-electron chi connectivity index (χ3n) is 2.81. The van der Waals surface area contributed by atoms with E-state index in [1.165, 1.54) is 4.90 Å². The standard InChI is InChI=1S/C11H15NO5/c13-7-8-5-9(14)11(15)10(17-8)6-12-1-3-16-4-2-12/h5,13,15H,1-4,6-7H2/p+1. The number of morpholine rings is 1. The highest BCUT2D eigenvalue weighted by Crippen LogP contribution is 2.12. The molecule has 1 saturated heterocycles. The summed E-state index contributed by atoms with van der Waals surface area (Å²) in [6, 6.07) is 1.10. The zero-order valence-electron chi connectivity index (χ0n) is 9.44. The van der Waals surface area contributed by atoms with Gasteiger partial charge in [0.05, 0.1) is 13.2 Å². The molecule has 3 N–H and O–H groups in total. The maximum atomic E-state index is 11.4. The van der Waals surface area contributed by atoms with Crippen LogP contribution in [0.5, 0.6) is 5.75 Å². The van der Waals surface area contributed by atoms with Crippen molar-refractivity contribution in [1.29, 1.82) is 0 Å². The summed E-state index contributed by atoms with van der Waals surface area (Å²) in [5.74, 6) is 0.0510. The zero-order chi connectivity index (χ0) is 12.3. The van der Waals surface area contributed by atoms with E-state index in [1.54, 1.807) is 0 Å². The molecule has 0 amide bonds. The maximum Gasteiger partial charge on any atom is 0.227 e. The molecule has 2 heterocycles. The van der Waals surface area contributed by atoms with Crippen molar-refractivity contribution in [2.24, 2.45) is 0 Å². The van der Waals surface area contributed by atoms with Crippen molar-refractivity contribution in [2.75, 3.05) is 26.3 Å². The van der Waals surface area contributed by atoms with Crippen LogP contribution in [0.2, 0.25) is 0 Å². The topological polar surface area (TPSA) is 84.3 Å². The molecule has 17 heavy (non-hydrogen) atoms. The fourth-order valence-electron chi connectivity index (χ4n) is 1.85. The molecule has 6 nitrogen and oxygen atoms in total. The summed E-state index contributed by atoms with van der Waals surface area (Å²) in [6.45, 7) is 3.04. The first kappa shape index (κ1) is 12.1. The Morgan fingerprint density at radius 2 is 2.06 bits per heavy atom. The van der Waals surface area contributed by atoms with Crippen LogP contribution < -0.4 is 10.3 Å². The fraction of sp³-hybridized carbons (Fsp3) is 0.545. The van der Waals surface area contributed by atoms with E-state index in [1.807, 2.05) is 0 Å². The van der Waals surface area contributed by atoms with E-state index < -0.39 is 5.43 Å². The number of hydrogen-bond donors (Lipinski definition) is 3. The number of aliphatic hydroxyl groups excluding tert-OH is 1. The van der Waals surface area contributed by atoms with E-state index in [2.05, 4.69) is 0 Å². The SMILES string of the molecule is O=c1cc(CO)oc(C[NH+]2CCOCC2)c1O. The third kappa shape index (κ3) is 2.85. The quantitative estimate of drug-likeness (QED) is 0.585. The predicted octanol–water partition coefficient (Wildman–Crippen LogP) is -1.75. The zero-order valence-corrected chi connectivity index (χ0v) is 9.44. The number of quaternary nitrogens is 1. The van der Waals surface area contributed by atoms with Crippen LogP contribution in [0.25, 0.3) is 0 Å². The van der Waals surface area contributed by atoms with Gasteiger partial charge in [0.2, 0.25) is 16.9 Å². The largest absolute Gasteiger partial charge is 0.502 e.